The van der Waals surface area contributed by atoms with E-state index in [0.29, 0.717) is 23.1 Å². The monoisotopic (exact) mass is 302 g/mol. The Hall–Kier alpha value is -1.25. The molecule has 8 heteroatoms. The van der Waals surface area contributed by atoms with E-state index < -0.39 is 9.84 Å². The molecule has 0 N–H and O–H groups in total. The average Bonchev–Trinajstić information content (AvgIpc) is 2.95. The highest BCUT2D eigenvalue weighted by Crippen LogP contribution is 2.23. The maximum atomic E-state index is 12.1. The summed E-state index contributed by atoms with van der Waals surface area (Å²) in [6.45, 7) is 2.33. The Morgan fingerprint density at radius 3 is 2.84 bits per heavy atom. The molecule has 0 aromatic carbocycles. The van der Waals surface area contributed by atoms with E-state index in [4.69, 9.17) is 9.26 Å². The number of methoxy groups -OCH3 is 1. The summed E-state index contributed by atoms with van der Waals surface area (Å²) in [5, 5.41) is 3.71. The summed E-state index contributed by atoms with van der Waals surface area (Å²) in [6, 6.07) is 3.37. The Bertz CT molecular complexity index is 645. The minimum atomic E-state index is -3.41. The summed E-state index contributed by atoms with van der Waals surface area (Å²) in [7, 11) is -1.83. The van der Waals surface area contributed by atoms with Crippen LogP contribution in [0.3, 0.4) is 0 Å². The first-order chi connectivity index (χ1) is 9.01. The van der Waals surface area contributed by atoms with Gasteiger partial charge in [0.05, 0.1) is 6.61 Å². The molecule has 0 spiro atoms. The van der Waals surface area contributed by atoms with Crippen LogP contribution in [0, 0.1) is 6.92 Å². The molecule has 2 heterocycles. The predicted molar refractivity (Wildman–Crippen MR) is 69.8 cm³/mol. The zero-order valence-electron chi connectivity index (χ0n) is 10.6. The summed E-state index contributed by atoms with van der Waals surface area (Å²) >= 11 is 1.24. The Balaban J connectivity index is 2.10. The first-order valence-corrected chi connectivity index (χ1v) is 8.08. The lowest BCUT2D eigenvalue weighted by molar-refractivity contribution is 0.199. The van der Waals surface area contributed by atoms with Crippen LogP contribution in [0.15, 0.2) is 20.9 Å². The molecule has 0 aliphatic rings. The number of nitrogens with zero attached hydrogens (tertiary/aromatic N) is 2. The second-order valence-electron chi connectivity index (χ2n) is 3.97. The van der Waals surface area contributed by atoms with Gasteiger partial charge in [0.1, 0.15) is 9.96 Å². The third-order valence-corrected chi connectivity index (χ3v) is 5.56. The predicted octanol–water partition coefficient (Wildman–Crippen LogP) is 1.60. The molecule has 2 aromatic rings. The van der Waals surface area contributed by atoms with E-state index in [1.165, 1.54) is 11.3 Å². The first kappa shape index (κ1) is 14.2. The molecular weight excluding hydrogens is 288 g/mol. The molecule has 2 rings (SSSR count). The van der Waals surface area contributed by atoms with Gasteiger partial charge in [0.2, 0.25) is 5.89 Å². The molecule has 104 valence electrons. The number of rotatable bonds is 6. The number of thiophene rings is 1. The number of ether oxygens (including phenoxy) is 1. The van der Waals surface area contributed by atoms with Crippen molar-refractivity contribution >= 4 is 21.2 Å². The summed E-state index contributed by atoms with van der Waals surface area (Å²) in [4.78, 5) is 4.98. The van der Waals surface area contributed by atoms with Crippen LogP contribution in [0.2, 0.25) is 0 Å². The molecule has 0 saturated carbocycles. The van der Waals surface area contributed by atoms with Crippen molar-refractivity contribution < 1.29 is 17.7 Å². The van der Waals surface area contributed by atoms with Crippen LogP contribution in [-0.4, -0.2) is 32.3 Å². The summed E-state index contributed by atoms with van der Waals surface area (Å²) in [5.41, 5.74) is 0. The normalized spacial score (nSPS) is 11.9. The molecule has 0 radical (unpaired) electrons. The lowest BCUT2D eigenvalue weighted by Crippen LogP contribution is -2.03. The first-order valence-electron chi connectivity index (χ1n) is 5.61. The average molecular weight is 302 g/mol. The number of hydrogen-bond acceptors (Lipinski definition) is 7. The second-order valence-corrected chi connectivity index (χ2v) is 7.48. The van der Waals surface area contributed by atoms with Crippen molar-refractivity contribution in [1.82, 2.24) is 10.1 Å². The van der Waals surface area contributed by atoms with Gasteiger partial charge in [-0.2, -0.15) is 4.98 Å². The molecule has 6 nitrogen and oxygen atoms in total. The highest BCUT2D eigenvalue weighted by Gasteiger charge is 2.21. The zero-order valence-corrected chi connectivity index (χ0v) is 12.3. The van der Waals surface area contributed by atoms with Crippen molar-refractivity contribution in [3.8, 4) is 0 Å². The van der Waals surface area contributed by atoms with E-state index in [-0.39, 0.29) is 11.6 Å². The van der Waals surface area contributed by atoms with Gasteiger partial charge in [-0.3, -0.25) is 0 Å². The van der Waals surface area contributed by atoms with Crippen LogP contribution >= 0.6 is 11.3 Å². The Morgan fingerprint density at radius 1 is 1.42 bits per heavy atom. The number of aromatic nitrogens is 2. The fraction of sp³-hybridized carbons (Fsp3) is 0.455. The largest absolute Gasteiger partial charge is 0.384 e. The number of hydrogen-bond donors (Lipinski definition) is 0. The van der Waals surface area contributed by atoms with Gasteiger partial charge in [-0.05, 0) is 19.1 Å². The molecule has 0 atom stereocenters. The number of sulfone groups is 1. The summed E-state index contributed by atoms with van der Waals surface area (Å²) < 4.78 is 34.3. The SMILES string of the molecule is COCCc1noc(CS(=O)(=O)c2ccc(C)s2)n1. The molecule has 0 aliphatic heterocycles. The molecule has 0 unspecified atom stereocenters. The molecule has 0 amide bonds. The summed E-state index contributed by atoms with van der Waals surface area (Å²) in [6.07, 6.45) is 0.498. The smallest absolute Gasteiger partial charge is 0.242 e. The topological polar surface area (TPSA) is 82.3 Å². The van der Waals surface area contributed by atoms with E-state index >= 15 is 0 Å². The van der Waals surface area contributed by atoms with Crippen LogP contribution in [0.1, 0.15) is 16.6 Å². The van der Waals surface area contributed by atoms with E-state index in [0.717, 1.165) is 4.88 Å². The zero-order chi connectivity index (χ0) is 13.9. The van der Waals surface area contributed by atoms with Crippen LogP contribution in [0.5, 0.6) is 0 Å². The molecule has 2 aromatic heterocycles. The van der Waals surface area contributed by atoms with E-state index in [9.17, 15) is 8.42 Å². The fourth-order valence-electron chi connectivity index (χ4n) is 1.46. The van der Waals surface area contributed by atoms with Crippen LogP contribution in [0.4, 0.5) is 0 Å². The van der Waals surface area contributed by atoms with Gasteiger partial charge in [0.25, 0.3) is 0 Å². The lowest BCUT2D eigenvalue weighted by Gasteiger charge is -1.96. The third kappa shape index (κ3) is 3.62. The van der Waals surface area contributed by atoms with Gasteiger partial charge >= 0.3 is 0 Å². The Morgan fingerprint density at radius 2 is 2.21 bits per heavy atom. The highest BCUT2D eigenvalue weighted by molar-refractivity contribution is 7.92. The van der Waals surface area contributed by atoms with E-state index in [1.807, 2.05) is 6.92 Å². The molecule has 0 fully saturated rings. The van der Waals surface area contributed by atoms with E-state index in [2.05, 4.69) is 10.1 Å². The van der Waals surface area contributed by atoms with Gasteiger partial charge in [-0.1, -0.05) is 5.16 Å². The Labute approximate surface area is 115 Å². The molecule has 0 bridgehead atoms. The van der Waals surface area contributed by atoms with Crippen molar-refractivity contribution in [3.63, 3.8) is 0 Å². The quantitative estimate of drug-likeness (QED) is 0.806. The number of aryl methyl sites for hydroxylation is 1. The van der Waals surface area contributed by atoms with Gasteiger partial charge in [-0.25, -0.2) is 8.42 Å². The lowest BCUT2D eigenvalue weighted by atomic mass is 10.4. The fourth-order valence-corrected chi connectivity index (χ4v) is 3.99. The van der Waals surface area contributed by atoms with Crippen LogP contribution in [0.25, 0.3) is 0 Å². The van der Waals surface area contributed by atoms with Crippen molar-refractivity contribution in [2.24, 2.45) is 0 Å². The highest BCUT2D eigenvalue weighted by atomic mass is 32.2. The summed E-state index contributed by atoms with van der Waals surface area (Å²) in [5.74, 6) is 0.291. The second kappa shape index (κ2) is 5.81. The third-order valence-electron chi connectivity index (χ3n) is 2.38. The van der Waals surface area contributed by atoms with Gasteiger partial charge < -0.3 is 9.26 Å². The van der Waals surface area contributed by atoms with Crippen LogP contribution in [-0.2, 0) is 26.7 Å². The minimum Gasteiger partial charge on any atom is -0.384 e. The van der Waals surface area contributed by atoms with Crippen molar-refractivity contribution in [2.75, 3.05) is 13.7 Å². The molecule has 19 heavy (non-hydrogen) atoms. The van der Waals surface area contributed by atoms with Gasteiger partial charge in [0.15, 0.2) is 15.7 Å². The standard InChI is InChI=1S/C11H14N2O4S2/c1-8-3-4-11(18-8)19(14,15)7-10-12-9(13-17-10)5-6-16-2/h3-4H,5-7H2,1-2H3. The van der Waals surface area contributed by atoms with E-state index in [1.54, 1.807) is 19.2 Å². The van der Waals surface area contributed by atoms with Crippen molar-refractivity contribution in [3.05, 3.63) is 28.7 Å². The molecule has 0 saturated heterocycles. The maximum Gasteiger partial charge on any atom is 0.242 e. The van der Waals surface area contributed by atoms with Crippen molar-refractivity contribution in [2.45, 2.75) is 23.3 Å². The van der Waals surface area contributed by atoms with Crippen molar-refractivity contribution in [1.29, 1.82) is 0 Å². The maximum absolute atomic E-state index is 12.1. The Kier molecular flexibility index (Phi) is 4.33. The van der Waals surface area contributed by atoms with Gasteiger partial charge in [-0.15, -0.1) is 11.3 Å². The molecular formula is C11H14N2O4S2. The van der Waals surface area contributed by atoms with Gasteiger partial charge in [0, 0.05) is 18.4 Å². The molecule has 0 aliphatic carbocycles. The minimum absolute atomic E-state index is 0.108. The van der Waals surface area contributed by atoms with Crippen LogP contribution < -0.4 is 0 Å².